The second-order valence-corrected chi connectivity index (χ2v) is 8.28. The predicted octanol–water partition coefficient (Wildman–Crippen LogP) is 2.87. The quantitative estimate of drug-likeness (QED) is 0.701. The number of aromatic nitrogens is 2. The number of ketones is 1. The third kappa shape index (κ3) is 3.06. The summed E-state index contributed by atoms with van der Waals surface area (Å²) in [6.45, 7) is 0. The lowest BCUT2D eigenvalue weighted by Gasteiger charge is -2.38. The Morgan fingerprint density at radius 3 is 2.52 bits per heavy atom. The van der Waals surface area contributed by atoms with Crippen LogP contribution in [0.1, 0.15) is 17.3 Å². The van der Waals surface area contributed by atoms with Crippen molar-refractivity contribution in [2.75, 3.05) is 5.32 Å². The van der Waals surface area contributed by atoms with Gasteiger partial charge in [0, 0.05) is 37.3 Å². The van der Waals surface area contributed by atoms with Gasteiger partial charge < -0.3 is 9.88 Å². The molecule has 156 valence electrons. The van der Waals surface area contributed by atoms with Crippen LogP contribution in [0.5, 0.6) is 0 Å². The van der Waals surface area contributed by atoms with Crippen LogP contribution in [0.2, 0.25) is 0 Å². The number of carbonyl (C=O) groups is 1. The summed E-state index contributed by atoms with van der Waals surface area (Å²) in [5.41, 5.74) is 1.36. The Morgan fingerprint density at radius 1 is 0.935 bits per heavy atom. The largest absolute Gasteiger partial charge is 0.377 e. The fourth-order valence-electron chi connectivity index (χ4n) is 4.87. The van der Waals surface area contributed by atoms with Crippen LogP contribution in [-0.2, 0) is 25.3 Å². The number of nitrogens with one attached hydrogen (secondary N) is 1. The lowest BCUT2D eigenvalue weighted by Crippen LogP contribution is -2.48. The molecule has 0 radical (unpaired) electrons. The average molecular weight is 413 g/mol. The molecule has 3 aromatic rings. The number of benzene rings is 2. The number of fused-ring (bicyclic) bond motifs is 3. The SMILES string of the molecule is Cn1c2c(c(=O)n(C)c1=O)[C@@H](Nc1ccc3ccccc3c1)[C@H]1C=CC=CC(=O)[C@H]1C2. The highest BCUT2D eigenvalue weighted by atomic mass is 16.2. The van der Waals surface area contributed by atoms with Crippen molar-refractivity contribution in [3.8, 4) is 0 Å². The van der Waals surface area contributed by atoms with E-state index in [0.29, 0.717) is 17.7 Å². The first kappa shape index (κ1) is 19.3. The molecule has 2 aliphatic carbocycles. The number of hydrogen-bond acceptors (Lipinski definition) is 4. The first-order chi connectivity index (χ1) is 15.0. The molecule has 1 aromatic heterocycles. The Kier molecular flexibility index (Phi) is 4.50. The van der Waals surface area contributed by atoms with Crippen molar-refractivity contribution in [1.82, 2.24) is 9.13 Å². The van der Waals surface area contributed by atoms with Gasteiger partial charge in [-0.3, -0.25) is 14.2 Å². The van der Waals surface area contributed by atoms with E-state index in [9.17, 15) is 14.4 Å². The van der Waals surface area contributed by atoms with Crippen LogP contribution < -0.4 is 16.6 Å². The molecular weight excluding hydrogens is 390 g/mol. The van der Waals surface area contributed by atoms with Crippen LogP contribution in [0.3, 0.4) is 0 Å². The minimum absolute atomic E-state index is 0.0130. The Labute approximate surface area is 179 Å². The van der Waals surface area contributed by atoms with Crippen LogP contribution in [-0.4, -0.2) is 14.9 Å². The molecule has 5 rings (SSSR count). The van der Waals surface area contributed by atoms with Gasteiger partial charge in [0.25, 0.3) is 5.56 Å². The van der Waals surface area contributed by atoms with Crippen LogP contribution in [0.4, 0.5) is 5.69 Å². The van der Waals surface area contributed by atoms with Crippen LogP contribution >= 0.6 is 0 Å². The van der Waals surface area contributed by atoms with Crippen molar-refractivity contribution in [2.45, 2.75) is 12.5 Å². The molecule has 6 nitrogen and oxygen atoms in total. The number of anilines is 1. The zero-order valence-corrected chi connectivity index (χ0v) is 17.4. The first-order valence-corrected chi connectivity index (χ1v) is 10.4. The second kappa shape index (κ2) is 7.23. The zero-order chi connectivity index (χ0) is 21.7. The molecule has 2 aromatic carbocycles. The smallest absolute Gasteiger partial charge is 0.330 e. The van der Waals surface area contributed by atoms with Crippen molar-refractivity contribution < 1.29 is 4.79 Å². The molecule has 1 heterocycles. The van der Waals surface area contributed by atoms with E-state index in [1.165, 1.54) is 11.6 Å². The van der Waals surface area contributed by atoms with Gasteiger partial charge in [0.2, 0.25) is 0 Å². The molecule has 0 aliphatic heterocycles. The van der Waals surface area contributed by atoms with E-state index < -0.39 is 6.04 Å². The monoisotopic (exact) mass is 413 g/mol. The maximum Gasteiger partial charge on any atom is 0.330 e. The Morgan fingerprint density at radius 2 is 1.71 bits per heavy atom. The molecule has 31 heavy (non-hydrogen) atoms. The standard InChI is InChI=1S/C25H23N3O3/c1-27-20-14-19-18(9-5-6-10-21(19)29)23(22(20)24(30)28(2)25(27)31)26-17-12-11-15-7-3-4-8-16(15)13-17/h3-13,18-19,23,26H,14H2,1-2H3/t18-,19-,23-/m0/s1. The summed E-state index contributed by atoms with van der Waals surface area (Å²) in [7, 11) is 3.17. The van der Waals surface area contributed by atoms with Gasteiger partial charge in [-0.1, -0.05) is 48.6 Å². The molecule has 0 spiro atoms. The minimum Gasteiger partial charge on any atom is -0.377 e. The highest BCUT2D eigenvalue weighted by Gasteiger charge is 2.42. The number of nitrogens with zero attached hydrogens (tertiary/aromatic N) is 2. The Bertz CT molecular complexity index is 1390. The second-order valence-electron chi connectivity index (χ2n) is 8.28. The lowest BCUT2D eigenvalue weighted by atomic mass is 9.72. The summed E-state index contributed by atoms with van der Waals surface area (Å²) < 4.78 is 2.66. The van der Waals surface area contributed by atoms with Crippen LogP contribution in [0.25, 0.3) is 10.8 Å². The van der Waals surface area contributed by atoms with E-state index in [1.807, 2.05) is 48.6 Å². The Hall–Kier alpha value is -3.67. The summed E-state index contributed by atoms with van der Waals surface area (Å²) in [4.78, 5) is 38.7. The van der Waals surface area contributed by atoms with Gasteiger partial charge in [-0.15, -0.1) is 0 Å². The molecule has 0 fully saturated rings. The molecule has 0 unspecified atom stereocenters. The summed E-state index contributed by atoms with van der Waals surface area (Å²) in [6, 6.07) is 13.7. The van der Waals surface area contributed by atoms with E-state index >= 15 is 0 Å². The maximum absolute atomic E-state index is 13.2. The van der Waals surface area contributed by atoms with Crippen molar-refractivity contribution in [1.29, 1.82) is 0 Å². The summed E-state index contributed by atoms with van der Waals surface area (Å²) in [5.74, 6) is -0.524. The predicted molar refractivity (Wildman–Crippen MR) is 121 cm³/mol. The zero-order valence-electron chi connectivity index (χ0n) is 17.4. The molecule has 1 N–H and O–H groups in total. The maximum atomic E-state index is 13.2. The molecule has 0 saturated carbocycles. The van der Waals surface area contributed by atoms with Crippen LogP contribution in [0, 0.1) is 11.8 Å². The summed E-state index contributed by atoms with van der Waals surface area (Å²) >= 11 is 0. The van der Waals surface area contributed by atoms with E-state index in [0.717, 1.165) is 21.0 Å². The van der Waals surface area contributed by atoms with E-state index in [4.69, 9.17) is 0 Å². The van der Waals surface area contributed by atoms with Crippen molar-refractivity contribution >= 4 is 22.2 Å². The molecule has 0 saturated heterocycles. The first-order valence-electron chi connectivity index (χ1n) is 10.4. The number of hydrogen-bond donors (Lipinski definition) is 1. The molecule has 3 atom stereocenters. The van der Waals surface area contributed by atoms with Gasteiger partial charge in [-0.2, -0.15) is 0 Å². The van der Waals surface area contributed by atoms with E-state index in [-0.39, 0.29) is 28.9 Å². The third-order valence-corrected chi connectivity index (χ3v) is 6.54. The van der Waals surface area contributed by atoms with Crippen molar-refractivity contribution in [2.24, 2.45) is 25.9 Å². The van der Waals surface area contributed by atoms with Gasteiger partial charge >= 0.3 is 5.69 Å². The molecule has 0 amide bonds. The summed E-state index contributed by atoms with van der Waals surface area (Å²) in [6.07, 6.45) is 7.56. The van der Waals surface area contributed by atoms with Gasteiger partial charge in [0.05, 0.1) is 11.6 Å². The van der Waals surface area contributed by atoms with Gasteiger partial charge in [-0.05, 0) is 35.4 Å². The number of rotatable bonds is 2. The third-order valence-electron chi connectivity index (χ3n) is 6.54. The summed E-state index contributed by atoms with van der Waals surface area (Å²) in [5, 5.41) is 5.74. The van der Waals surface area contributed by atoms with Gasteiger partial charge in [-0.25, -0.2) is 4.79 Å². The topological polar surface area (TPSA) is 73.1 Å². The van der Waals surface area contributed by atoms with E-state index in [1.54, 1.807) is 19.2 Å². The highest BCUT2D eigenvalue weighted by Crippen LogP contribution is 2.41. The molecule has 0 bridgehead atoms. The van der Waals surface area contributed by atoms with Gasteiger partial charge in [0.15, 0.2) is 5.78 Å². The highest BCUT2D eigenvalue weighted by molar-refractivity contribution is 5.93. The molecule has 2 aliphatic rings. The van der Waals surface area contributed by atoms with E-state index in [2.05, 4.69) is 11.4 Å². The minimum atomic E-state index is -0.430. The molecular formula is C25H23N3O3. The lowest BCUT2D eigenvalue weighted by molar-refractivity contribution is -0.119. The number of allylic oxidation sites excluding steroid dienone is 3. The molecule has 6 heteroatoms. The fourth-order valence-corrected chi connectivity index (χ4v) is 4.87. The van der Waals surface area contributed by atoms with Crippen molar-refractivity contribution in [3.63, 3.8) is 0 Å². The average Bonchev–Trinajstić information content (AvgIpc) is 2.97. The fraction of sp³-hybridized carbons (Fsp3) is 0.240. The Balaban J connectivity index is 1.70. The number of carbonyl (C=O) groups excluding carboxylic acids is 1. The van der Waals surface area contributed by atoms with Crippen LogP contribution in [0.15, 0.2) is 76.4 Å². The normalized spacial score (nSPS) is 22.1. The van der Waals surface area contributed by atoms with Crippen molar-refractivity contribution in [3.05, 3.63) is 98.9 Å². The van der Waals surface area contributed by atoms with Gasteiger partial charge in [0.1, 0.15) is 0 Å².